The average molecular weight is 527 g/mol. The summed E-state index contributed by atoms with van der Waals surface area (Å²) in [6.45, 7) is 14.7. The van der Waals surface area contributed by atoms with Crippen molar-refractivity contribution in [1.82, 2.24) is 0 Å². The Morgan fingerprint density at radius 2 is 1.26 bits per heavy atom. The van der Waals surface area contributed by atoms with Crippen LogP contribution < -0.4 is 9.47 Å². The first-order chi connectivity index (χ1) is 18.1. The van der Waals surface area contributed by atoms with Crippen molar-refractivity contribution in [2.45, 2.75) is 72.6 Å². The summed E-state index contributed by atoms with van der Waals surface area (Å²) < 4.78 is 22.9. The first kappa shape index (κ1) is 31.5. The third-order valence-corrected chi connectivity index (χ3v) is 7.29. The number of hydrogen-bond acceptors (Lipinski definition) is 6. The summed E-state index contributed by atoms with van der Waals surface area (Å²) in [5.74, 6) is 1.06. The largest absolute Gasteiger partial charge is 0.497 e. The first-order valence-electron chi connectivity index (χ1n) is 13.4. The Kier molecular flexibility index (Phi) is 13.0. The molecule has 0 aliphatic carbocycles. The van der Waals surface area contributed by atoms with Gasteiger partial charge in [0.05, 0.1) is 45.7 Å². The molecular weight excluding hydrogens is 480 g/mol. The van der Waals surface area contributed by atoms with Crippen molar-refractivity contribution in [3.05, 3.63) is 72.3 Å². The number of aliphatic hydroxyl groups is 1. The molecule has 2 rings (SSSR count). The third-order valence-electron chi connectivity index (χ3n) is 7.29. The zero-order chi connectivity index (χ0) is 28.2. The van der Waals surface area contributed by atoms with Gasteiger partial charge in [0.25, 0.3) is 0 Å². The molecule has 0 bridgehead atoms. The van der Waals surface area contributed by atoms with Gasteiger partial charge in [0, 0.05) is 24.2 Å². The quantitative estimate of drug-likeness (QED) is 0.246. The molecule has 0 aromatic heterocycles. The maximum Gasteiger partial charge on any atom is 0.140 e. The van der Waals surface area contributed by atoms with E-state index in [0.717, 1.165) is 22.6 Å². The molecule has 2 aromatic carbocycles. The minimum absolute atomic E-state index is 0.0296. The van der Waals surface area contributed by atoms with E-state index >= 15 is 0 Å². The number of methoxy groups -OCH3 is 2. The van der Waals surface area contributed by atoms with E-state index in [1.165, 1.54) is 0 Å². The van der Waals surface area contributed by atoms with Gasteiger partial charge >= 0.3 is 0 Å². The molecule has 0 unspecified atom stereocenters. The van der Waals surface area contributed by atoms with Crippen LogP contribution in [0.4, 0.5) is 0 Å². The highest BCUT2D eigenvalue weighted by atomic mass is 16.5. The third kappa shape index (κ3) is 9.26. The Hall–Kier alpha value is -2.67. The predicted octanol–water partition coefficient (Wildman–Crippen LogP) is 6.24. The van der Waals surface area contributed by atoms with E-state index in [4.69, 9.17) is 18.9 Å². The van der Waals surface area contributed by atoms with Crippen LogP contribution in [-0.4, -0.2) is 43.4 Å². The molecule has 0 radical (unpaired) electrons. The summed E-state index contributed by atoms with van der Waals surface area (Å²) >= 11 is 0. The summed E-state index contributed by atoms with van der Waals surface area (Å²) in [5, 5.41) is 11.1. The van der Waals surface area contributed by atoms with Gasteiger partial charge in [0.2, 0.25) is 0 Å². The van der Waals surface area contributed by atoms with Gasteiger partial charge in [0.1, 0.15) is 17.3 Å². The number of rotatable bonds is 17. The number of ether oxygens (including phenoxy) is 4. The summed E-state index contributed by atoms with van der Waals surface area (Å²) in [6.07, 6.45) is 0.475. The zero-order valence-corrected chi connectivity index (χ0v) is 24.1. The molecule has 0 saturated heterocycles. The number of Topliss-reactive ketones (excluding diaryl/α,β-unsaturated/α-hetero) is 1. The van der Waals surface area contributed by atoms with Gasteiger partial charge < -0.3 is 24.1 Å². The van der Waals surface area contributed by atoms with E-state index in [9.17, 15) is 9.90 Å². The fourth-order valence-corrected chi connectivity index (χ4v) is 4.65. The van der Waals surface area contributed by atoms with Gasteiger partial charge in [-0.15, -0.1) is 6.58 Å². The zero-order valence-electron chi connectivity index (χ0n) is 24.1. The fraction of sp³-hybridized carbons (Fsp3) is 0.531. The number of carbonyl (C=O) groups excluding carboxylic acids is 1. The standard InChI is InChI=1S/C32H46O6/c1-9-22(4)32(38-20-26-12-16-28(36-8)17-13-26)24(6)30(34)18-29(33)23(5)31(21(2)3)37-19-25-10-14-27(35-7)15-11-25/h9-17,21-24,29,31-33H,1,18-20H2,2-8H3/t22-,23+,24-,29+,31-,32-/m1/s1. The maximum absolute atomic E-state index is 13.3. The van der Waals surface area contributed by atoms with Crippen LogP contribution in [0, 0.1) is 23.7 Å². The van der Waals surface area contributed by atoms with Crippen molar-refractivity contribution in [2.24, 2.45) is 23.7 Å². The van der Waals surface area contributed by atoms with Crippen molar-refractivity contribution in [1.29, 1.82) is 0 Å². The molecular formula is C32H46O6. The lowest BCUT2D eigenvalue weighted by atomic mass is 9.83. The number of carbonyl (C=O) groups is 1. The van der Waals surface area contributed by atoms with Gasteiger partial charge in [-0.2, -0.15) is 0 Å². The maximum atomic E-state index is 13.3. The van der Waals surface area contributed by atoms with Gasteiger partial charge in [-0.25, -0.2) is 0 Å². The normalized spacial score (nSPS) is 16.2. The van der Waals surface area contributed by atoms with Crippen LogP contribution in [0.5, 0.6) is 11.5 Å². The summed E-state index contributed by atoms with van der Waals surface area (Å²) in [4.78, 5) is 13.3. The first-order valence-corrected chi connectivity index (χ1v) is 13.4. The minimum Gasteiger partial charge on any atom is -0.497 e. The Labute approximate surface area is 229 Å². The van der Waals surface area contributed by atoms with E-state index in [2.05, 4.69) is 20.4 Å². The van der Waals surface area contributed by atoms with Crippen LogP contribution in [0.2, 0.25) is 0 Å². The molecule has 0 amide bonds. The predicted molar refractivity (Wildman–Crippen MR) is 151 cm³/mol. The highest BCUT2D eigenvalue weighted by Gasteiger charge is 2.33. The van der Waals surface area contributed by atoms with E-state index in [1.807, 2.05) is 75.4 Å². The number of hydrogen-bond donors (Lipinski definition) is 1. The minimum atomic E-state index is -0.825. The van der Waals surface area contributed by atoms with Crippen LogP contribution in [-0.2, 0) is 27.5 Å². The summed E-state index contributed by atoms with van der Waals surface area (Å²) in [6, 6.07) is 15.4. The second kappa shape index (κ2) is 15.7. The molecule has 2 aromatic rings. The Morgan fingerprint density at radius 1 is 0.816 bits per heavy atom. The van der Waals surface area contributed by atoms with Crippen LogP contribution in [0.15, 0.2) is 61.2 Å². The van der Waals surface area contributed by atoms with E-state index < -0.39 is 12.0 Å². The Balaban J connectivity index is 2.00. The lowest BCUT2D eigenvalue weighted by Gasteiger charge is -2.32. The lowest BCUT2D eigenvalue weighted by Crippen LogP contribution is -2.39. The van der Waals surface area contributed by atoms with Crippen molar-refractivity contribution >= 4 is 5.78 Å². The topological polar surface area (TPSA) is 74.2 Å². The Bertz CT molecular complexity index is 968. The second-order valence-corrected chi connectivity index (χ2v) is 10.5. The smallest absolute Gasteiger partial charge is 0.140 e. The molecule has 1 N–H and O–H groups in total. The van der Waals surface area contributed by atoms with Crippen molar-refractivity contribution < 1.29 is 28.8 Å². The summed E-state index contributed by atoms with van der Waals surface area (Å²) in [5.41, 5.74) is 2.02. The lowest BCUT2D eigenvalue weighted by molar-refractivity contribution is -0.133. The average Bonchev–Trinajstić information content (AvgIpc) is 2.93. The molecule has 6 nitrogen and oxygen atoms in total. The summed E-state index contributed by atoms with van der Waals surface area (Å²) in [7, 11) is 3.27. The van der Waals surface area contributed by atoms with Crippen LogP contribution >= 0.6 is 0 Å². The van der Waals surface area contributed by atoms with Gasteiger partial charge in [0.15, 0.2) is 0 Å². The Morgan fingerprint density at radius 3 is 1.66 bits per heavy atom. The van der Waals surface area contributed by atoms with E-state index in [-0.39, 0.29) is 42.2 Å². The molecule has 38 heavy (non-hydrogen) atoms. The second-order valence-electron chi connectivity index (χ2n) is 10.5. The SMILES string of the molecule is C=C[C@@H](C)[C@@H](OCc1ccc(OC)cc1)[C@H](C)C(=O)C[C@H](O)[C@H](C)[C@H](OCc1ccc(OC)cc1)C(C)C. The highest BCUT2D eigenvalue weighted by Crippen LogP contribution is 2.27. The molecule has 0 saturated carbocycles. The molecule has 0 spiro atoms. The van der Waals surface area contributed by atoms with Gasteiger partial charge in [-0.3, -0.25) is 4.79 Å². The number of benzene rings is 2. The molecule has 0 aliphatic heterocycles. The fourth-order valence-electron chi connectivity index (χ4n) is 4.65. The molecule has 6 atom stereocenters. The van der Waals surface area contributed by atoms with E-state index in [1.54, 1.807) is 14.2 Å². The molecule has 210 valence electrons. The van der Waals surface area contributed by atoms with Crippen LogP contribution in [0.25, 0.3) is 0 Å². The van der Waals surface area contributed by atoms with Gasteiger partial charge in [-0.05, 0) is 41.3 Å². The van der Waals surface area contributed by atoms with Crippen molar-refractivity contribution in [3.63, 3.8) is 0 Å². The molecule has 0 fully saturated rings. The number of ketones is 1. The number of aliphatic hydroxyl groups excluding tert-OH is 1. The molecule has 0 aliphatic rings. The monoisotopic (exact) mass is 526 g/mol. The van der Waals surface area contributed by atoms with Crippen molar-refractivity contribution in [2.75, 3.05) is 14.2 Å². The molecule has 0 heterocycles. The molecule has 6 heteroatoms. The van der Waals surface area contributed by atoms with E-state index in [0.29, 0.717) is 13.2 Å². The van der Waals surface area contributed by atoms with Crippen LogP contribution in [0.1, 0.15) is 52.2 Å². The van der Waals surface area contributed by atoms with Crippen molar-refractivity contribution in [3.8, 4) is 11.5 Å². The highest BCUT2D eigenvalue weighted by molar-refractivity contribution is 5.81. The van der Waals surface area contributed by atoms with Gasteiger partial charge in [-0.1, -0.05) is 65.0 Å². The van der Waals surface area contributed by atoms with Crippen LogP contribution in [0.3, 0.4) is 0 Å².